The van der Waals surface area contributed by atoms with Crippen LogP contribution in [0.2, 0.25) is 0 Å². The number of allylic oxidation sites excluding steroid dienone is 14. The summed E-state index contributed by atoms with van der Waals surface area (Å²) in [6.07, 6.45) is 63.0. The Balaban J connectivity index is 4.35. The van der Waals surface area contributed by atoms with Gasteiger partial charge in [0.2, 0.25) is 0 Å². The smallest absolute Gasteiger partial charge is 0.306 e. The molecule has 0 saturated carbocycles. The first-order valence-corrected chi connectivity index (χ1v) is 24.1. The number of hydrogen-bond donors (Lipinski definition) is 0. The summed E-state index contributed by atoms with van der Waals surface area (Å²) in [6, 6.07) is 0. The number of carbonyl (C=O) groups is 2. The number of unbranched alkanes of at least 4 members (excludes halogenated alkanes) is 18. The van der Waals surface area contributed by atoms with Crippen LogP contribution in [0.1, 0.15) is 213 Å². The van der Waals surface area contributed by atoms with Crippen LogP contribution in [0.15, 0.2) is 85.1 Å². The van der Waals surface area contributed by atoms with Crippen LogP contribution in [0.25, 0.3) is 0 Å². The Labute approximate surface area is 359 Å². The molecule has 0 aromatic rings. The molecule has 0 aliphatic heterocycles. The highest BCUT2D eigenvalue weighted by molar-refractivity contribution is 5.70. The van der Waals surface area contributed by atoms with E-state index in [0.29, 0.717) is 19.4 Å². The second-order valence-electron chi connectivity index (χ2n) is 15.6. The first-order valence-electron chi connectivity index (χ1n) is 24.1. The van der Waals surface area contributed by atoms with Crippen LogP contribution in [-0.4, -0.2) is 37.9 Å². The lowest BCUT2D eigenvalue weighted by molar-refractivity contribution is -0.163. The highest BCUT2D eigenvalue weighted by Gasteiger charge is 2.17. The standard InChI is InChI=1S/C53H90O5/c1-4-7-10-13-16-19-22-25-26-27-30-33-36-39-42-45-48-56-49-51(58-53(55)47-44-41-38-35-32-29-24-21-18-15-12-9-6-3)50-57-52(54)46-43-40-37-34-31-28-23-20-17-14-11-8-5-2/h7-8,10-11,16-17,19-21,24-26,28,31,51H,4-6,9,12-15,18,22-23,27,29-30,32-50H2,1-3H3/b10-7-,11-8-,19-16-,20-17-,24-21-,26-25-,31-28-. The Bertz CT molecular complexity index is 1090. The van der Waals surface area contributed by atoms with Gasteiger partial charge in [-0.3, -0.25) is 9.59 Å². The Hall–Kier alpha value is -2.92. The van der Waals surface area contributed by atoms with Crippen molar-refractivity contribution in [2.75, 3.05) is 19.8 Å². The molecule has 0 N–H and O–H groups in total. The number of carbonyl (C=O) groups excluding carboxylic acids is 2. The maximum atomic E-state index is 12.8. The minimum atomic E-state index is -0.562. The van der Waals surface area contributed by atoms with E-state index in [1.807, 2.05) is 0 Å². The van der Waals surface area contributed by atoms with E-state index < -0.39 is 6.10 Å². The van der Waals surface area contributed by atoms with Crippen molar-refractivity contribution in [3.8, 4) is 0 Å². The average Bonchev–Trinajstić information content (AvgIpc) is 3.22. The summed E-state index contributed by atoms with van der Waals surface area (Å²) in [7, 11) is 0. The molecule has 0 rings (SSSR count). The minimum absolute atomic E-state index is 0.0578. The van der Waals surface area contributed by atoms with Gasteiger partial charge >= 0.3 is 11.9 Å². The van der Waals surface area contributed by atoms with Gasteiger partial charge in [0.05, 0.1) is 6.61 Å². The predicted octanol–water partition coefficient (Wildman–Crippen LogP) is 16.1. The van der Waals surface area contributed by atoms with E-state index in [1.54, 1.807) is 0 Å². The highest BCUT2D eigenvalue weighted by atomic mass is 16.6. The predicted molar refractivity (Wildman–Crippen MR) is 251 cm³/mol. The van der Waals surface area contributed by atoms with Crippen molar-refractivity contribution >= 4 is 11.9 Å². The Morgan fingerprint density at radius 1 is 0.397 bits per heavy atom. The summed E-state index contributed by atoms with van der Waals surface area (Å²) in [5, 5.41) is 0. The molecule has 332 valence electrons. The Morgan fingerprint density at radius 3 is 1.28 bits per heavy atom. The summed E-state index contributed by atoms with van der Waals surface area (Å²) in [5.41, 5.74) is 0. The van der Waals surface area contributed by atoms with Crippen molar-refractivity contribution in [3.05, 3.63) is 85.1 Å². The minimum Gasteiger partial charge on any atom is -0.462 e. The molecule has 0 bridgehead atoms. The van der Waals surface area contributed by atoms with Crippen LogP contribution in [-0.2, 0) is 23.8 Å². The van der Waals surface area contributed by atoms with Gasteiger partial charge in [-0.2, -0.15) is 0 Å². The second-order valence-corrected chi connectivity index (χ2v) is 15.6. The van der Waals surface area contributed by atoms with E-state index in [1.165, 1.54) is 70.6 Å². The van der Waals surface area contributed by atoms with Gasteiger partial charge in [0.25, 0.3) is 0 Å². The molecule has 0 saturated heterocycles. The molecule has 5 nitrogen and oxygen atoms in total. The molecular weight excluding hydrogens is 717 g/mol. The molecule has 0 aromatic carbocycles. The molecular formula is C53H90O5. The van der Waals surface area contributed by atoms with Crippen LogP contribution in [0.3, 0.4) is 0 Å². The molecule has 5 heteroatoms. The van der Waals surface area contributed by atoms with Crippen molar-refractivity contribution in [2.45, 2.75) is 219 Å². The lowest BCUT2D eigenvalue weighted by Gasteiger charge is -2.18. The fourth-order valence-electron chi connectivity index (χ4n) is 6.36. The van der Waals surface area contributed by atoms with Crippen LogP contribution < -0.4 is 0 Å². The van der Waals surface area contributed by atoms with E-state index in [-0.39, 0.29) is 25.2 Å². The molecule has 0 radical (unpaired) electrons. The summed E-state index contributed by atoms with van der Waals surface area (Å²) < 4.78 is 17.3. The van der Waals surface area contributed by atoms with Gasteiger partial charge in [-0.05, 0) is 109 Å². The molecule has 0 heterocycles. The lowest BCUT2D eigenvalue weighted by Crippen LogP contribution is -2.30. The van der Waals surface area contributed by atoms with Crippen molar-refractivity contribution in [1.29, 1.82) is 0 Å². The molecule has 0 aromatic heterocycles. The number of ether oxygens (including phenoxy) is 3. The first kappa shape index (κ1) is 55.1. The third-order valence-electron chi connectivity index (χ3n) is 9.90. The van der Waals surface area contributed by atoms with E-state index in [2.05, 4.69) is 106 Å². The summed E-state index contributed by atoms with van der Waals surface area (Å²) in [5.74, 6) is -0.452. The van der Waals surface area contributed by atoms with E-state index in [9.17, 15) is 9.59 Å². The lowest BCUT2D eigenvalue weighted by atomic mass is 10.1. The summed E-state index contributed by atoms with van der Waals surface area (Å²) in [4.78, 5) is 25.3. The largest absolute Gasteiger partial charge is 0.462 e. The topological polar surface area (TPSA) is 61.8 Å². The van der Waals surface area contributed by atoms with Gasteiger partial charge < -0.3 is 14.2 Å². The van der Waals surface area contributed by atoms with E-state index in [4.69, 9.17) is 14.2 Å². The third-order valence-corrected chi connectivity index (χ3v) is 9.90. The zero-order valence-electron chi connectivity index (χ0n) is 38.0. The number of hydrogen-bond acceptors (Lipinski definition) is 5. The molecule has 0 fully saturated rings. The normalized spacial score (nSPS) is 12.9. The van der Waals surface area contributed by atoms with Gasteiger partial charge in [-0.15, -0.1) is 0 Å². The Kier molecular flexibility index (Phi) is 46.0. The Morgan fingerprint density at radius 2 is 0.776 bits per heavy atom. The van der Waals surface area contributed by atoms with Crippen LogP contribution in [0, 0.1) is 0 Å². The van der Waals surface area contributed by atoms with E-state index in [0.717, 1.165) is 109 Å². The summed E-state index contributed by atoms with van der Waals surface area (Å²) in [6.45, 7) is 7.51. The van der Waals surface area contributed by atoms with E-state index >= 15 is 0 Å². The van der Waals surface area contributed by atoms with Crippen LogP contribution >= 0.6 is 0 Å². The molecule has 0 amide bonds. The van der Waals surface area contributed by atoms with Gasteiger partial charge in [-0.25, -0.2) is 0 Å². The third kappa shape index (κ3) is 45.8. The SMILES string of the molecule is CC/C=C\C/C=C\C/C=C\CCCCCCCCOCC(COC(=O)CCCCC/C=C\C/C=C\C/C=C\CC)OC(=O)CCCCCCC/C=C\CCCCCC. The molecule has 0 spiro atoms. The maximum absolute atomic E-state index is 12.8. The first-order chi connectivity index (χ1) is 28.6. The van der Waals surface area contributed by atoms with Crippen molar-refractivity contribution in [1.82, 2.24) is 0 Å². The molecule has 1 unspecified atom stereocenters. The fourth-order valence-corrected chi connectivity index (χ4v) is 6.36. The quantitative estimate of drug-likeness (QED) is 0.0349. The highest BCUT2D eigenvalue weighted by Crippen LogP contribution is 2.12. The zero-order valence-corrected chi connectivity index (χ0v) is 38.0. The van der Waals surface area contributed by atoms with Crippen molar-refractivity contribution in [3.63, 3.8) is 0 Å². The molecule has 0 aliphatic carbocycles. The van der Waals surface area contributed by atoms with Gasteiger partial charge in [0.1, 0.15) is 6.61 Å². The van der Waals surface area contributed by atoms with Crippen molar-refractivity contribution in [2.24, 2.45) is 0 Å². The molecule has 58 heavy (non-hydrogen) atoms. The second kappa shape index (κ2) is 48.4. The molecule has 0 aliphatic rings. The maximum Gasteiger partial charge on any atom is 0.306 e. The average molecular weight is 807 g/mol. The van der Waals surface area contributed by atoms with Crippen LogP contribution in [0.4, 0.5) is 0 Å². The zero-order chi connectivity index (χ0) is 42.1. The summed E-state index contributed by atoms with van der Waals surface area (Å²) >= 11 is 0. The van der Waals surface area contributed by atoms with Gasteiger partial charge in [-0.1, -0.05) is 176 Å². The van der Waals surface area contributed by atoms with Crippen molar-refractivity contribution < 1.29 is 23.8 Å². The van der Waals surface area contributed by atoms with Crippen LogP contribution in [0.5, 0.6) is 0 Å². The van der Waals surface area contributed by atoms with Gasteiger partial charge in [0.15, 0.2) is 6.10 Å². The fraction of sp³-hybridized carbons (Fsp3) is 0.698. The van der Waals surface area contributed by atoms with Gasteiger partial charge in [0, 0.05) is 19.4 Å². The molecule has 1 atom stereocenters. The number of esters is 2. The number of rotatable bonds is 43. The monoisotopic (exact) mass is 807 g/mol.